The highest BCUT2D eigenvalue weighted by molar-refractivity contribution is 6.26. The van der Waals surface area contributed by atoms with Crippen molar-refractivity contribution in [2.75, 3.05) is 7.05 Å². The van der Waals surface area contributed by atoms with Crippen LogP contribution in [0.4, 0.5) is 17.6 Å². The van der Waals surface area contributed by atoms with Crippen LogP contribution in [0, 0.1) is 0 Å². The van der Waals surface area contributed by atoms with Crippen molar-refractivity contribution in [2.24, 2.45) is 5.73 Å². The van der Waals surface area contributed by atoms with Crippen LogP contribution < -0.4 is 5.73 Å². The summed E-state index contributed by atoms with van der Waals surface area (Å²) in [7, 11) is 1.47. The van der Waals surface area contributed by atoms with E-state index >= 15 is 0 Å². The molecule has 0 spiro atoms. The van der Waals surface area contributed by atoms with Crippen LogP contribution in [0.2, 0.25) is 0 Å². The first-order valence-corrected chi connectivity index (χ1v) is 5.98. The van der Waals surface area contributed by atoms with Gasteiger partial charge in [0.15, 0.2) is 5.78 Å². The summed E-state index contributed by atoms with van der Waals surface area (Å²) < 4.78 is 50.5. The van der Waals surface area contributed by atoms with Gasteiger partial charge in [0.05, 0.1) is 17.5 Å². The van der Waals surface area contributed by atoms with Crippen LogP contribution in [0.15, 0.2) is 42.5 Å². The van der Waals surface area contributed by atoms with Crippen LogP contribution in [0.25, 0.3) is 5.57 Å². The third-order valence-corrected chi connectivity index (χ3v) is 3.30. The molecule has 1 aliphatic heterocycles. The smallest absolute Gasteiger partial charge is 0.385 e. The first-order valence-electron chi connectivity index (χ1n) is 5.98. The van der Waals surface area contributed by atoms with Crippen LogP contribution in [0.1, 0.15) is 11.1 Å². The van der Waals surface area contributed by atoms with Gasteiger partial charge in [-0.25, -0.2) is 4.39 Å². The second kappa shape index (κ2) is 5.23. The second-order valence-corrected chi connectivity index (χ2v) is 4.58. The SMILES string of the molecule is CN1C(N)=C(c2cccc(C(F)(F)F)c2)C(=O)C1C=CF. The van der Waals surface area contributed by atoms with E-state index in [9.17, 15) is 22.4 Å². The molecule has 3 nitrogen and oxygen atoms in total. The summed E-state index contributed by atoms with van der Waals surface area (Å²) in [6, 6.07) is 3.38. The molecule has 112 valence electrons. The summed E-state index contributed by atoms with van der Waals surface area (Å²) in [5, 5.41) is 0. The lowest BCUT2D eigenvalue weighted by Gasteiger charge is -2.17. The van der Waals surface area contributed by atoms with Gasteiger partial charge in [-0.15, -0.1) is 0 Å². The van der Waals surface area contributed by atoms with Crippen molar-refractivity contribution < 1.29 is 22.4 Å². The Morgan fingerprint density at radius 3 is 2.57 bits per heavy atom. The van der Waals surface area contributed by atoms with Crippen molar-refractivity contribution in [3.05, 3.63) is 53.6 Å². The maximum Gasteiger partial charge on any atom is 0.416 e. The number of nitrogens with zero attached hydrogens (tertiary/aromatic N) is 1. The number of ketones is 1. The molecule has 0 bridgehead atoms. The van der Waals surface area contributed by atoms with Gasteiger partial charge < -0.3 is 10.6 Å². The number of likely N-dealkylation sites (N-methyl/N-ethyl adjacent to an activating group) is 1. The van der Waals surface area contributed by atoms with Crippen LogP contribution in [-0.2, 0) is 11.0 Å². The summed E-state index contributed by atoms with van der Waals surface area (Å²) >= 11 is 0. The fourth-order valence-corrected chi connectivity index (χ4v) is 2.20. The molecule has 2 N–H and O–H groups in total. The highest BCUT2D eigenvalue weighted by Gasteiger charge is 2.37. The normalized spacial score (nSPS) is 20.0. The van der Waals surface area contributed by atoms with Gasteiger partial charge >= 0.3 is 6.18 Å². The number of hydrogen-bond donors (Lipinski definition) is 1. The van der Waals surface area contributed by atoms with E-state index in [0.29, 0.717) is 0 Å². The summed E-state index contributed by atoms with van der Waals surface area (Å²) in [6.07, 6.45) is -3.31. The van der Waals surface area contributed by atoms with Gasteiger partial charge in [-0.3, -0.25) is 4.79 Å². The van der Waals surface area contributed by atoms with Gasteiger partial charge in [0.2, 0.25) is 0 Å². The van der Waals surface area contributed by atoms with Crippen molar-refractivity contribution in [3.8, 4) is 0 Å². The molecule has 1 unspecified atom stereocenters. The minimum atomic E-state index is -4.52. The van der Waals surface area contributed by atoms with E-state index in [2.05, 4.69) is 0 Å². The third kappa shape index (κ3) is 2.63. The Kier molecular flexibility index (Phi) is 3.76. The van der Waals surface area contributed by atoms with E-state index in [4.69, 9.17) is 5.73 Å². The van der Waals surface area contributed by atoms with E-state index in [1.165, 1.54) is 24.1 Å². The number of Topliss-reactive ketones (excluding diaryl/α,β-unsaturated/α-hetero) is 1. The highest BCUT2D eigenvalue weighted by Crippen LogP contribution is 2.34. The largest absolute Gasteiger partial charge is 0.416 e. The van der Waals surface area contributed by atoms with E-state index in [-0.39, 0.29) is 23.3 Å². The van der Waals surface area contributed by atoms with E-state index in [1.807, 2.05) is 0 Å². The molecule has 0 saturated heterocycles. The number of hydrogen-bond acceptors (Lipinski definition) is 3. The topological polar surface area (TPSA) is 46.3 Å². The van der Waals surface area contributed by atoms with Crippen LogP contribution in [0.3, 0.4) is 0 Å². The zero-order chi connectivity index (χ0) is 15.8. The second-order valence-electron chi connectivity index (χ2n) is 4.58. The fourth-order valence-electron chi connectivity index (χ4n) is 2.20. The molecule has 0 aromatic heterocycles. The standard InChI is InChI=1S/C14H12F4N2O/c1-20-10(5-6-15)12(21)11(13(20)19)8-3-2-4-9(7-8)14(16,17)18/h2-7,10H,19H2,1H3. The van der Waals surface area contributed by atoms with Gasteiger partial charge in [0.1, 0.15) is 11.9 Å². The van der Waals surface area contributed by atoms with E-state index in [1.54, 1.807) is 0 Å². The Morgan fingerprint density at radius 2 is 2.00 bits per heavy atom. The first kappa shape index (κ1) is 15.1. The molecule has 21 heavy (non-hydrogen) atoms. The Morgan fingerprint density at radius 1 is 1.33 bits per heavy atom. The number of nitrogens with two attached hydrogens (primary N) is 1. The monoisotopic (exact) mass is 300 g/mol. The van der Waals surface area contributed by atoms with Crippen molar-refractivity contribution >= 4 is 11.4 Å². The lowest BCUT2D eigenvalue weighted by molar-refractivity contribution is -0.137. The number of carbonyl (C=O) groups is 1. The predicted octanol–water partition coefficient (Wildman–Crippen LogP) is 2.70. The Labute approximate surface area is 118 Å². The van der Waals surface area contributed by atoms with Crippen molar-refractivity contribution in [1.82, 2.24) is 4.90 Å². The van der Waals surface area contributed by atoms with Gasteiger partial charge in [-0.1, -0.05) is 12.1 Å². The van der Waals surface area contributed by atoms with Crippen LogP contribution in [-0.4, -0.2) is 23.8 Å². The number of alkyl halides is 3. The molecule has 1 aliphatic rings. The molecule has 0 fully saturated rings. The average Bonchev–Trinajstić information content (AvgIpc) is 2.62. The molecule has 0 aliphatic carbocycles. The van der Waals surface area contributed by atoms with Gasteiger partial charge in [-0.2, -0.15) is 13.2 Å². The summed E-state index contributed by atoms with van der Waals surface area (Å²) in [5.74, 6) is -0.523. The molecule has 1 aromatic rings. The number of carbonyl (C=O) groups excluding carboxylic acids is 1. The van der Waals surface area contributed by atoms with Crippen molar-refractivity contribution in [3.63, 3.8) is 0 Å². The van der Waals surface area contributed by atoms with E-state index in [0.717, 1.165) is 18.2 Å². The molecule has 0 amide bonds. The molecule has 1 heterocycles. The third-order valence-electron chi connectivity index (χ3n) is 3.30. The first-order chi connectivity index (χ1) is 9.77. The number of benzene rings is 1. The van der Waals surface area contributed by atoms with Crippen molar-refractivity contribution in [1.29, 1.82) is 0 Å². The zero-order valence-corrected chi connectivity index (χ0v) is 11.0. The van der Waals surface area contributed by atoms with Crippen molar-refractivity contribution in [2.45, 2.75) is 12.2 Å². The molecular weight excluding hydrogens is 288 g/mol. The quantitative estimate of drug-likeness (QED) is 0.854. The summed E-state index contributed by atoms with van der Waals surface area (Å²) in [4.78, 5) is 13.5. The molecule has 0 radical (unpaired) electrons. The van der Waals surface area contributed by atoms with Gasteiger partial charge in [-0.05, 0) is 23.8 Å². The molecule has 0 saturated carbocycles. The van der Waals surface area contributed by atoms with E-state index < -0.39 is 23.6 Å². The lowest BCUT2D eigenvalue weighted by Crippen LogP contribution is -2.31. The fraction of sp³-hybridized carbons (Fsp3) is 0.214. The highest BCUT2D eigenvalue weighted by atomic mass is 19.4. The van der Waals surface area contributed by atoms with Gasteiger partial charge in [0.25, 0.3) is 0 Å². The molecule has 2 rings (SSSR count). The maximum absolute atomic E-state index is 12.7. The molecule has 1 atom stereocenters. The predicted molar refractivity (Wildman–Crippen MR) is 69.4 cm³/mol. The zero-order valence-electron chi connectivity index (χ0n) is 11.0. The molecule has 7 heteroatoms. The van der Waals surface area contributed by atoms with Crippen LogP contribution >= 0.6 is 0 Å². The Bertz CT molecular complexity index is 634. The summed E-state index contributed by atoms with van der Waals surface area (Å²) in [6.45, 7) is 0. The average molecular weight is 300 g/mol. The molecular formula is C14H12F4N2O. The maximum atomic E-state index is 12.7. The van der Waals surface area contributed by atoms with Gasteiger partial charge in [0, 0.05) is 7.05 Å². The number of rotatable bonds is 2. The summed E-state index contributed by atoms with van der Waals surface area (Å²) in [5.41, 5.74) is 4.93. The minimum Gasteiger partial charge on any atom is -0.385 e. The molecule has 1 aromatic carbocycles. The van der Waals surface area contributed by atoms with Crippen LogP contribution in [0.5, 0.6) is 0 Å². The lowest BCUT2D eigenvalue weighted by atomic mass is 9.98. The Hall–Kier alpha value is -2.31. The number of halogens is 4. The Balaban J connectivity index is 2.49. The minimum absolute atomic E-state index is 0.0161.